The Labute approximate surface area is 151 Å². The maximum Gasteiger partial charge on any atom is 0.205 e. The van der Waals surface area contributed by atoms with Crippen LogP contribution in [-0.2, 0) is 9.59 Å². The molecule has 3 aliphatic rings. The molecule has 0 amide bonds. The smallest absolute Gasteiger partial charge is 0.205 e. The molecule has 4 atom stereocenters. The number of likely N-dealkylation sites (N-methyl/N-ethyl adjacent to an activating group) is 1. The summed E-state index contributed by atoms with van der Waals surface area (Å²) in [5, 5.41) is 2.88. The molecule has 3 aliphatic carbocycles. The zero-order valence-electron chi connectivity index (χ0n) is 16.1. The fourth-order valence-corrected chi connectivity index (χ4v) is 5.65. The maximum atomic E-state index is 12.8. The normalized spacial score (nSPS) is 38.8. The van der Waals surface area contributed by atoms with Crippen molar-refractivity contribution in [1.82, 2.24) is 5.32 Å². The van der Waals surface area contributed by atoms with Gasteiger partial charge in [-0.1, -0.05) is 32.9 Å². The molecular formula is C22H31NO2. The molecule has 25 heavy (non-hydrogen) atoms. The van der Waals surface area contributed by atoms with E-state index in [1.165, 1.54) is 30.9 Å². The first-order chi connectivity index (χ1) is 11.7. The van der Waals surface area contributed by atoms with Crippen LogP contribution < -0.4 is 5.32 Å². The molecule has 0 aromatic carbocycles. The lowest BCUT2D eigenvalue weighted by Gasteiger charge is -2.59. The van der Waals surface area contributed by atoms with Crippen molar-refractivity contribution in [1.29, 1.82) is 0 Å². The SMILES string of the molecule is C=C1CCC[C@H]2[C@](C)(CC3=CC(=O)C=C(NC)C3=O)[C@@H](C)CC[C@]12C. The van der Waals surface area contributed by atoms with E-state index in [1.54, 1.807) is 13.1 Å². The summed E-state index contributed by atoms with van der Waals surface area (Å²) >= 11 is 0. The highest BCUT2D eigenvalue weighted by molar-refractivity contribution is 6.19. The molecule has 0 aromatic rings. The van der Waals surface area contributed by atoms with E-state index < -0.39 is 0 Å². The standard InChI is InChI=1S/C22H31NO2/c1-14-7-6-8-19-21(14,3)10-9-15(2)22(19,4)13-16-11-17(24)12-18(23-5)20(16)25/h11-12,15,19,23H,1,6-10,13H2,2-5H3/t15-,19+,21+,22+/m0/s1. The zero-order valence-corrected chi connectivity index (χ0v) is 16.1. The molecular weight excluding hydrogens is 310 g/mol. The maximum absolute atomic E-state index is 12.8. The van der Waals surface area contributed by atoms with Gasteiger partial charge in [-0.15, -0.1) is 0 Å². The van der Waals surface area contributed by atoms with E-state index >= 15 is 0 Å². The van der Waals surface area contributed by atoms with Gasteiger partial charge >= 0.3 is 0 Å². The van der Waals surface area contributed by atoms with Gasteiger partial charge in [0.1, 0.15) is 0 Å². The Hall–Kier alpha value is -1.64. The van der Waals surface area contributed by atoms with E-state index in [9.17, 15) is 9.59 Å². The van der Waals surface area contributed by atoms with Crippen LogP contribution in [0, 0.1) is 22.7 Å². The first-order valence-corrected chi connectivity index (χ1v) is 9.59. The van der Waals surface area contributed by atoms with Crippen molar-refractivity contribution in [2.75, 3.05) is 7.05 Å². The lowest BCUT2D eigenvalue weighted by molar-refractivity contribution is -0.116. The van der Waals surface area contributed by atoms with Crippen LogP contribution in [0.5, 0.6) is 0 Å². The molecule has 0 aliphatic heterocycles. The van der Waals surface area contributed by atoms with Crippen molar-refractivity contribution < 1.29 is 9.59 Å². The lowest BCUT2D eigenvalue weighted by Crippen LogP contribution is -2.50. The molecule has 3 heteroatoms. The predicted octanol–water partition coefficient (Wildman–Crippen LogP) is 4.36. The van der Waals surface area contributed by atoms with E-state index in [-0.39, 0.29) is 22.4 Å². The Bertz CT molecular complexity index is 686. The minimum atomic E-state index is -0.0816. The molecule has 0 unspecified atom stereocenters. The molecule has 1 N–H and O–H groups in total. The van der Waals surface area contributed by atoms with Crippen LogP contribution in [0.1, 0.15) is 59.3 Å². The molecule has 3 rings (SSSR count). The van der Waals surface area contributed by atoms with Crippen LogP contribution in [0.25, 0.3) is 0 Å². The van der Waals surface area contributed by atoms with Crippen LogP contribution in [0.3, 0.4) is 0 Å². The van der Waals surface area contributed by atoms with Crippen molar-refractivity contribution >= 4 is 11.6 Å². The molecule has 0 saturated heterocycles. The second-order valence-electron chi connectivity index (χ2n) is 8.80. The number of hydrogen-bond acceptors (Lipinski definition) is 3. The first-order valence-electron chi connectivity index (χ1n) is 9.59. The number of carbonyl (C=O) groups excluding carboxylic acids is 2. The molecule has 2 saturated carbocycles. The Kier molecular flexibility index (Phi) is 4.55. The summed E-state index contributed by atoms with van der Waals surface area (Å²) in [6.07, 6.45) is 9.52. The van der Waals surface area contributed by atoms with Crippen molar-refractivity contribution in [2.24, 2.45) is 22.7 Å². The van der Waals surface area contributed by atoms with Crippen LogP contribution >= 0.6 is 0 Å². The number of Topliss-reactive ketones (excluding diaryl/α,β-unsaturated/α-hetero) is 1. The molecule has 0 heterocycles. The molecule has 136 valence electrons. The van der Waals surface area contributed by atoms with Gasteiger partial charge in [0.2, 0.25) is 5.78 Å². The quantitative estimate of drug-likeness (QED) is 0.613. The van der Waals surface area contributed by atoms with Crippen molar-refractivity contribution in [3.63, 3.8) is 0 Å². The van der Waals surface area contributed by atoms with E-state index in [1.807, 2.05) is 0 Å². The molecule has 3 nitrogen and oxygen atoms in total. The summed E-state index contributed by atoms with van der Waals surface area (Å²) in [7, 11) is 1.70. The fraction of sp³-hybridized carbons (Fsp3) is 0.636. The summed E-state index contributed by atoms with van der Waals surface area (Å²) in [5.41, 5.74) is 2.67. The van der Waals surface area contributed by atoms with Gasteiger partial charge in [-0.3, -0.25) is 9.59 Å². The van der Waals surface area contributed by atoms with Gasteiger partial charge in [0.15, 0.2) is 5.78 Å². The van der Waals surface area contributed by atoms with Gasteiger partial charge in [-0.05, 0) is 67.3 Å². The summed E-state index contributed by atoms with van der Waals surface area (Å²) in [6.45, 7) is 11.4. The highest BCUT2D eigenvalue weighted by atomic mass is 16.1. The van der Waals surface area contributed by atoms with Crippen LogP contribution in [-0.4, -0.2) is 18.6 Å². The van der Waals surface area contributed by atoms with Gasteiger partial charge in [0.05, 0.1) is 5.70 Å². The van der Waals surface area contributed by atoms with E-state index in [0.717, 1.165) is 12.8 Å². The summed E-state index contributed by atoms with van der Waals surface area (Å²) in [5.74, 6) is 0.959. The minimum Gasteiger partial charge on any atom is -0.385 e. The molecule has 2 fully saturated rings. The first kappa shape index (κ1) is 18.2. The number of fused-ring (bicyclic) bond motifs is 1. The number of rotatable bonds is 3. The Morgan fingerprint density at radius 2 is 1.96 bits per heavy atom. The third-order valence-electron chi connectivity index (χ3n) is 7.55. The number of ketones is 2. The molecule has 0 aromatic heterocycles. The molecule has 0 bridgehead atoms. The molecule has 0 spiro atoms. The van der Waals surface area contributed by atoms with Gasteiger partial charge in [-0.25, -0.2) is 0 Å². The van der Waals surface area contributed by atoms with E-state index in [4.69, 9.17) is 0 Å². The van der Waals surface area contributed by atoms with Crippen LogP contribution in [0.2, 0.25) is 0 Å². The number of carbonyl (C=O) groups is 2. The van der Waals surface area contributed by atoms with Gasteiger partial charge in [0, 0.05) is 18.7 Å². The molecule has 0 radical (unpaired) electrons. The topological polar surface area (TPSA) is 46.2 Å². The number of allylic oxidation sites excluding steroid dienone is 4. The predicted molar refractivity (Wildman–Crippen MR) is 101 cm³/mol. The second-order valence-corrected chi connectivity index (χ2v) is 8.80. The lowest BCUT2D eigenvalue weighted by atomic mass is 9.46. The van der Waals surface area contributed by atoms with Crippen molar-refractivity contribution in [3.05, 3.63) is 35.6 Å². The number of hydrogen-bond donors (Lipinski definition) is 1. The highest BCUT2D eigenvalue weighted by Gasteiger charge is 2.54. The highest BCUT2D eigenvalue weighted by Crippen LogP contribution is 2.63. The van der Waals surface area contributed by atoms with Crippen molar-refractivity contribution in [3.8, 4) is 0 Å². The Morgan fingerprint density at radius 1 is 1.24 bits per heavy atom. The number of nitrogens with one attached hydrogen (secondary N) is 1. The summed E-state index contributed by atoms with van der Waals surface area (Å²) < 4.78 is 0. The third-order valence-corrected chi connectivity index (χ3v) is 7.55. The van der Waals surface area contributed by atoms with Gasteiger partial charge in [-0.2, -0.15) is 0 Å². The average Bonchev–Trinajstić information content (AvgIpc) is 2.57. The van der Waals surface area contributed by atoms with Gasteiger partial charge in [0.25, 0.3) is 0 Å². The average molecular weight is 341 g/mol. The van der Waals surface area contributed by atoms with Gasteiger partial charge < -0.3 is 5.32 Å². The Morgan fingerprint density at radius 3 is 2.64 bits per heavy atom. The minimum absolute atomic E-state index is 0.0163. The zero-order chi connectivity index (χ0) is 18.4. The summed E-state index contributed by atoms with van der Waals surface area (Å²) in [6, 6.07) is 0. The van der Waals surface area contributed by atoms with Crippen LogP contribution in [0.15, 0.2) is 35.6 Å². The summed E-state index contributed by atoms with van der Waals surface area (Å²) in [4.78, 5) is 24.8. The third kappa shape index (κ3) is 2.82. The van der Waals surface area contributed by atoms with E-state index in [0.29, 0.717) is 29.5 Å². The monoisotopic (exact) mass is 341 g/mol. The largest absolute Gasteiger partial charge is 0.385 e. The Balaban J connectivity index is 1.95. The van der Waals surface area contributed by atoms with Crippen molar-refractivity contribution in [2.45, 2.75) is 59.3 Å². The van der Waals surface area contributed by atoms with Crippen LogP contribution in [0.4, 0.5) is 0 Å². The second kappa shape index (κ2) is 6.26. The fourth-order valence-electron chi connectivity index (χ4n) is 5.65. The van der Waals surface area contributed by atoms with E-state index in [2.05, 4.69) is 32.7 Å².